The third-order valence-electron chi connectivity index (χ3n) is 4.70. The smallest absolute Gasteiger partial charge is 0.257 e. The molecule has 1 N–H and O–H groups in total. The Bertz CT molecular complexity index is 1120. The number of anilines is 1. The molecule has 4 rings (SSSR count). The van der Waals surface area contributed by atoms with E-state index in [1.165, 1.54) is 39.9 Å². The molecule has 0 saturated heterocycles. The van der Waals surface area contributed by atoms with Gasteiger partial charge in [0.1, 0.15) is 0 Å². The lowest BCUT2D eigenvalue weighted by atomic mass is 10.2. The molecule has 0 spiro atoms. The van der Waals surface area contributed by atoms with Gasteiger partial charge < -0.3 is 0 Å². The van der Waals surface area contributed by atoms with Crippen molar-refractivity contribution in [2.75, 3.05) is 12.4 Å². The molecule has 0 unspecified atom stereocenters. The van der Waals surface area contributed by atoms with E-state index in [-0.39, 0.29) is 16.8 Å². The number of carbonyl (C=O) groups excluding carboxylic acids is 1. The lowest BCUT2D eigenvalue weighted by Gasteiger charge is -2.16. The molecule has 27 heavy (non-hydrogen) atoms. The number of aromatic nitrogens is 1. The molecule has 1 aliphatic carbocycles. The number of hydrogen-bond donors (Lipinski definition) is 1. The number of amides is 1. The van der Waals surface area contributed by atoms with Crippen LogP contribution in [0.4, 0.5) is 5.13 Å². The van der Waals surface area contributed by atoms with Crippen LogP contribution in [0.2, 0.25) is 0 Å². The van der Waals surface area contributed by atoms with Crippen LogP contribution in [0.25, 0.3) is 10.2 Å². The Hall–Kier alpha value is -2.29. The number of nitrogens with zero attached hydrogens (tertiary/aromatic N) is 2. The zero-order valence-electron chi connectivity index (χ0n) is 15.0. The molecular formula is C19H19N3O3S2. The summed E-state index contributed by atoms with van der Waals surface area (Å²) >= 11 is 1.41. The van der Waals surface area contributed by atoms with Crippen LogP contribution < -0.4 is 5.32 Å². The number of hydrogen-bond acceptors (Lipinski definition) is 5. The summed E-state index contributed by atoms with van der Waals surface area (Å²) in [4.78, 5) is 17.2. The third-order valence-corrected chi connectivity index (χ3v) is 7.56. The number of fused-ring (bicyclic) bond motifs is 1. The van der Waals surface area contributed by atoms with Gasteiger partial charge in [0, 0.05) is 18.7 Å². The number of rotatable bonds is 5. The summed E-state index contributed by atoms with van der Waals surface area (Å²) in [5.41, 5.74) is 2.32. The van der Waals surface area contributed by atoms with Crippen LogP contribution in [0.15, 0.2) is 47.4 Å². The Kier molecular flexibility index (Phi) is 4.49. The van der Waals surface area contributed by atoms with Crippen molar-refractivity contribution in [3.63, 3.8) is 0 Å². The number of sulfonamides is 1. The standard InChI is InChI=1S/C19H19N3O3S2/c1-12-4-3-5-16-17(12)20-19(26-16)21-18(23)13-6-10-15(11-7-13)27(24,25)22(2)14-8-9-14/h3-7,10-11,14H,8-9H2,1-2H3,(H,20,21,23). The van der Waals surface area contributed by atoms with Crippen LogP contribution in [-0.2, 0) is 10.0 Å². The molecule has 1 saturated carbocycles. The van der Waals surface area contributed by atoms with Crippen molar-refractivity contribution in [3.05, 3.63) is 53.6 Å². The van der Waals surface area contributed by atoms with Gasteiger partial charge in [-0.25, -0.2) is 13.4 Å². The van der Waals surface area contributed by atoms with Crippen LogP contribution in [0.3, 0.4) is 0 Å². The Morgan fingerprint density at radius 2 is 1.89 bits per heavy atom. The van der Waals surface area contributed by atoms with E-state index in [1.807, 2.05) is 25.1 Å². The van der Waals surface area contributed by atoms with E-state index in [0.29, 0.717) is 10.7 Å². The van der Waals surface area contributed by atoms with Crippen molar-refractivity contribution in [3.8, 4) is 0 Å². The van der Waals surface area contributed by atoms with Gasteiger partial charge in [0.15, 0.2) is 5.13 Å². The van der Waals surface area contributed by atoms with Crippen molar-refractivity contribution < 1.29 is 13.2 Å². The molecule has 0 atom stereocenters. The summed E-state index contributed by atoms with van der Waals surface area (Å²) < 4.78 is 27.5. The molecule has 140 valence electrons. The Morgan fingerprint density at radius 1 is 1.19 bits per heavy atom. The maximum atomic E-state index is 12.5. The summed E-state index contributed by atoms with van der Waals surface area (Å²) in [5, 5.41) is 3.32. The summed E-state index contributed by atoms with van der Waals surface area (Å²) in [6.07, 6.45) is 1.80. The normalized spacial score (nSPS) is 14.6. The van der Waals surface area contributed by atoms with Crippen LogP contribution >= 0.6 is 11.3 Å². The van der Waals surface area contributed by atoms with Crippen LogP contribution in [0.1, 0.15) is 28.8 Å². The van der Waals surface area contributed by atoms with Crippen molar-refractivity contribution in [1.82, 2.24) is 9.29 Å². The maximum absolute atomic E-state index is 12.5. The van der Waals surface area contributed by atoms with Crippen LogP contribution in [-0.4, -0.2) is 36.7 Å². The van der Waals surface area contributed by atoms with Gasteiger partial charge in [0.2, 0.25) is 10.0 Å². The number of thiazole rings is 1. The first-order chi connectivity index (χ1) is 12.9. The number of benzene rings is 2. The number of carbonyl (C=O) groups is 1. The molecule has 1 aromatic heterocycles. The van der Waals surface area contributed by atoms with Gasteiger partial charge >= 0.3 is 0 Å². The fourth-order valence-corrected chi connectivity index (χ4v) is 5.24. The molecular weight excluding hydrogens is 382 g/mol. The van der Waals surface area contributed by atoms with Crippen molar-refractivity contribution in [1.29, 1.82) is 0 Å². The summed E-state index contributed by atoms with van der Waals surface area (Å²) in [6.45, 7) is 1.98. The zero-order chi connectivity index (χ0) is 19.2. The van der Waals surface area contributed by atoms with E-state index in [9.17, 15) is 13.2 Å². The van der Waals surface area contributed by atoms with Gasteiger partial charge in [0.25, 0.3) is 5.91 Å². The summed E-state index contributed by atoms with van der Waals surface area (Å²) in [7, 11) is -1.91. The van der Waals surface area contributed by atoms with E-state index < -0.39 is 10.0 Å². The Morgan fingerprint density at radius 3 is 2.52 bits per heavy atom. The molecule has 1 aliphatic rings. The highest BCUT2D eigenvalue weighted by molar-refractivity contribution is 7.89. The van der Waals surface area contributed by atoms with E-state index >= 15 is 0 Å². The highest BCUT2D eigenvalue weighted by Gasteiger charge is 2.35. The topological polar surface area (TPSA) is 79.4 Å². The first-order valence-electron chi connectivity index (χ1n) is 8.62. The predicted octanol–water partition coefficient (Wildman–Crippen LogP) is 3.64. The van der Waals surface area contributed by atoms with Gasteiger partial charge in [-0.3, -0.25) is 10.1 Å². The summed E-state index contributed by atoms with van der Waals surface area (Å²) in [6, 6.07) is 12.0. The van der Waals surface area contributed by atoms with Crippen LogP contribution in [0.5, 0.6) is 0 Å². The first kappa shape index (κ1) is 18.1. The monoisotopic (exact) mass is 401 g/mol. The van der Waals surface area contributed by atoms with Gasteiger partial charge in [-0.05, 0) is 55.7 Å². The quantitative estimate of drug-likeness (QED) is 0.708. The second-order valence-electron chi connectivity index (χ2n) is 6.67. The van der Waals surface area contributed by atoms with E-state index in [4.69, 9.17) is 0 Å². The largest absolute Gasteiger partial charge is 0.298 e. The minimum Gasteiger partial charge on any atom is -0.298 e. The fraction of sp³-hybridized carbons (Fsp3) is 0.263. The number of nitrogens with one attached hydrogen (secondary N) is 1. The average Bonchev–Trinajstić information content (AvgIpc) is 3.41. The minimum atomic E-state index is -3.51. The molecule has 1 amide bonds. The number of aryl methyl sites for hydroxylation is 1. The third kappa shape index (κ3) is 3.47. The molecule has 0 radical (unpaired) electrons. The van der Waals surface area contributed by atoms with Gasteiger partial charge in [-0.15, -0.1) is 0 Å². The maximum Gasteiger partial charge on any atom is 0.257 e. The molecule has 6 nitrogen and oxygen atoms in total. The molecule has 0 aliphatic heterocycles. The Labute approximate surface area is 161 Å². The van der Waals surface area contributed by atoms with Crippen molar-refractivity contribution >= 4 is 42.6 Å². The van der Waals surface area contributed by atoms with Crippen LogP contribution in [0, 0.1) is 6.92 Å². The molecule has 2 aromatic carbocycles. The lowest BCUT2D eigenvalue weighted by molar-refractivity contribution is 0.102. The molecule has 8 heteroatoms. The van der Waals surface area contributed by atoms with E-state index in [2.05, 4.69) is 10.3 Å². The van der Waals surface area contributed by atoms with E-state index in [1.54, 1.807) is 7.05 Å². The highest BCUT2D eigenvalue weighted by Crippen LogP contribution is 2.31. The predicted molar refractivity (Wildman–Crippen MR) is 107 cm³/mol. The van der Waals surface area contributed by atoms with Gasteiger partial charge in [-0.2, -0.15) is 4.31 Å². The second-order valence-corrected chi connectivity index (χ2v) is 9.70. The van der Waals surface area contributed by atoms with Crippen molar-refractivity contribution in [2.24, 2.45) is 0 Å². The average molecular weight is 402 g/mol. The molecule has 1 heterocycles. The minimum absolute atomic E-state index is 0.0977. The second kappa shape index (κ2) is 6.70. The number of para-hydroxylation sites is 1. The molecule has 0 bridgehead atoms. The zero-order valence-corrected chi connectivity index (χ0v) is 16.6. The van der Waals surface area contributed by atoms with E-state index in [0.717, 1.165) is 28.6 Å². The van der Waals surface area contributed by atoms with Crippen molar-refractivity contribution in [2.45, 2.75) is 30.7 Å². The highest BCUT2D eigenvalue weighted by atomic mass is 32.2. The molecule has 3 aromatic rings. The summed E-state index contributed by atoms with van der Waals surface area (Å²) in [5.74, 6) is -0.314. The SMILES string of the molecule is Cc1cccc2sc(NC(=O)c3ccc(S(=O)(=O)N(C)C4CC4)cc3)nc12. The molecule has 1 fully saturated rings. The fourth-order valence-electron chi connectivity index (χ4n) is 2.89. The van der Waals surface area contributed by atoms with Gasteiger partial charge in [-0.1, -0.05) is 23.5 Å². The van der Waals surface area contributed by atoms with Gasteiger partial charge in [0.05, 0.1) is 15.1 Å². The Balaban J connectivity index is 1.52. The first-order valence-corrected chi connectivity index (χ1v) is 10.9. The lowest BCUT2D eigenvalue weighted by Crippen LogP contribution is -2.29.